The van der Waals surface area contributed by atoms with Gasteiger partial charge in [-0.1, -0.05) is 47.7 Å². The first kappa shape index (κ1) is 15.1. The first-order valence-electron chi connectivity index (χ1n) is 7.50. The van der Waals surface area contributed by atoms with Crippen LogP contribution in [-0.4, -0.2) is 10.5 Å². The quantitative estimate of drug-likeness (QED) is 0.487. The number of thiophene rings is 1. The molecule has 0 spiro atoms. The highest BCUT2D eigenvalue weighted by molar-refractivity contribution is 7.16. The molecular weight excluding hydrogens is 336 g/mol. The van der Waals surface area contributed by atoms with Gasteiger partial charge >= 0.3 is 0 Å². The highest BCUT2D eigenvalue weighted by Crippen LogP contribution is 2.26. The zero-order valence-corrected chi connectivity index (χ0v) is 14.6. The fourth-order valence-corrected chi connectivity index (χ4v) is 4.35. The van der Waals surface area contributed by atoms with E-state index in [-0.39, 0.29) is 5.91 Å². The zero-order chi connectivity index (χ0) is 16.5. The van der Waals surface area contributed by atoms with Crippen LogP contribution < -0.4 is 4.80 Å². The molecule has 24 heavy (non-hydrogen) atoms. The van der Waals surface area contributed by atoms with E-state index in [1.54, 1.807) is 17.4 Å². The Morgan fingerprint density at radius 1 is 1.12 bits per heavy atom. The molecule has 4 rings (SSSR count). The van der Waals surface area contributed by atoms with Gasteiger partial charge in [-0.05, 0) is 29.0 Å². The van der Waals surface area contributed by atoms with Crippen molar-refractivity contribution in [1.82, 2.24) is 4.57 Å². The molecule has 3 nitrogen and oxygen atoms in total. The normalized spacial score (nSPS) is 12.6. The second-order valence-electron chi connectivity index (χ2n) is 5.38. The zero-order valence-electron chi connectivity index (χ0n) is 13.0. The van der Waals surface area contributed by atoms with Gasteiger partial charge in [-0.3, -0.25) is 4.79 Å². The Morgan fingerprint density at radius 2 is 2.00 bits per heavy atom. The molecule has 0 aliphatic rings. The van der Waals surface area contributed by atoms with Gasteiger partial charge in [-0.15, -0.1) is 11.3 Å². The second-order valence-corrected chi connectivity index (χ2v) is 7.36. The number of thiazole rings is 1. The Kier molecular flexibility index (Phi) is 3.88. The third kappa shape index (κ3) is 2.72. The number of aryl methyl sites for hydroxylation is 1. The minimum absolute atomic E-state index is 0.241. The number of hydrogen-bond acceptors (Lipinski definition) is 3. The molecule has 5 heteroatoms. The summed E-state index contributed by atoms with van der Waals surface area (Å²) in [5.74, 6) is -0.241. The first-order valence-corrected chi connectivity index (χ1v) is 9.19. The summed E-state index contributed by atoms with van der Waals surface area (Å²) in [6.45, 7) is 0. The van der Waals surface area contributed by atoms with Crippen LogP contribution in [0.5, 0.6) is 0 Å². The van der Waals surface area contributed by atoms with Crippen molar-refractivity contribution in [2.75, 3.05) is 0 Å². The molecule has 2 aromatic carbocycles. The molecule has 0 atom stereocenters. The van der Waals surface area contributed by atoms with Gasteiger partial charge in [0, 0.05) is 23.4 Å². The average molecular weight is 350 g/mol. The lowest BCUT2D eigenvalue weighted by Gasteiger charge is -2.01. The van der Waals surface area contributed by atoms with Crippen molar-refractivity contribution in [2.45, 2.75) is 0 Å². The van der Waals surface area contributed by atoms with Crippen LogP contribution in [0, 0.1) is 0 Å². The van der Waals surface area contributed by atoms with Crippen LogP contribution in [0.3, 0.4) is 0 Å². The minimum atomic E-state index is -0.241. The monoisotopic (exact) mass is 350 g/mol. The van der Waals surface area contributed by atoms with E-state index in [4.69, 9.17) is 0 Å². The molecule has 0 radical (unpaired) electrons. The van der Waals surface area contributed by atoms with Gasteiger partial charge in [0.05, 0.1) is 10.2 Å². The third-order valence-corrected chi connectivity index (χ3v) is 5.76. The standard InChI is InChI=1S/C19H14N2OS2/c1-21-18-15-7-3-2-5-13(15)8-10-16(18)24-19(21)20-17(22)11-9-14-6-4-12-23-14/h2-12H,1H3. The van der Waals surface area contributed by atoms with E-state index < -0.39 is 0 Å². The molecule has 1 amide bonds. The number of aromatic nitrogens is 1. The molecule has 0 aliphatic carbocycles. The summed E-state index contributed by atoms with van der Waals surface area (Å²) in [5.41, 5.74) is 1.12. The van der Waals surface area contributed by atoms with Crippen molar-refractivity contribution < 1.29 is 4.79 Å². The van der Waals surface area contributed by atoms with E-state index in [1.165, 1.54) is 28.2 Å². The van der Waals surface area contributed by atoms with Gasteiger partial charge in [0.15, 0.2) is 4.80 Å². The summed E-state index contributed by atoms with van der Waals surface area (Å²) >= 11 is 3.13. The number of carbonyl (C=O) groups excluding carboxylic acids is 1. The summed E-state index contributed by atoms with van der Waals surface area (Å²) in [5, 5.41) is 4.35. The molecule has 0 fully saturated rings. The molecule has 0 unspecified atom stereocenters. The number of nitrogens with zero attached hydrogens (tertiary/aromatic N) is 2. The van der Waals surface area contributed by atoms with Crippen LogP contribution in [0.25, 0.3) is 27.1 Å². The van der Waals surface area contributed by atoms with Crippen LogP contribution in [0.4, 0.5) is 0 Å². The lowest BCUT2D eigenvalue weighted by atomic mass is 10.1. The molecular formula is C19H14N2OS2. The predicted octanol–water partition coefficient (Wildman–Crippen LogP) is 4.60. The van der Waals surface area contributed by atoms with Crippen molar-refractivity contribution in [1.29, 1.82) is 0 Å². The Balaban J connectivity index is 1.81. The Bertz CT molecular complexity index is 1130. The Morgan fingerprint density at radius 3 is 2.83 bits per heavy atom. The van der Waals surface area contributed by atoms with E-state index in [9.17, 15) is 4.79 Å². The van der Waals surface area contributed by atoms with E-state index in [2.05, 4.69) is 29.3 Å². The fraction of sp³-hybridized carbons (Fsp3) is 0.0526. The predicted molar refractivity (Wildman–Crippen MR) is 102 cm³/mol. The summed E-state index contributed by atoms with van der Waals surface area (Å²) in [6, 6.07) is 16.4. The molecule has 2 heterocycles. The molecule has 0 aliphatic heterocycles. The molecule has 4 aromatic rings. The third-order valence-electron chi connectivity index (χ3n) is 3.83. The topological polar surface area (TPSA) is 34.4 Å². The number of fused-ring (bicyclic) bond motifs is 3. The minimum Gasteiger partial charge on any atom is -0.319 e. The molecule has 0 N–H and O–H groups in total. The average Bonchev–Trinajstić information content (AvgIpc) is 3.22. The number of benzene rings is 2. The van der Waals surface area contributed by atoms with Gasteiger partial charge in [0.2, 0.25) is 0 Å². The van der Waals surface area contributed by atoms with Crippen LogP contribution in [0.2, 0.25) is 0 Å². The fourth-order valence-electron chi connectivity index (χ4n) is 2.69. The highest BCUT2D eigenvalue weighted by atomic mass is 32.1. The maximum Gasteiger partial charge on any atom is 0.272 e. The smallest absolute Gasteiger partial charge is 0.272 e. The lowest BCUT2D eigenvalue weighted by Crippen LogP contribution is -2.12. The van der Waals surface area contributed by atoms with Gasteiger partial charge in [-0.2, -0.15) is 4.99 Å². The van der Waals surface area contributed by atoms with Gasteiger partial charge in [-0.25, -0.2) is 0 Å². The van der Waals surface area contributed by atoms with E-state index in [1.807, 2.05) is 41.3 Å². The Labute approximate surface area is 146 Å². The Hall–Kier alpha value is -2.50. The maximum atomic E-state index is 12.1. The number of carbonyl (C=O) groups is 1. The van der Waals surface area contributed by atoms with Crippen molar-refractivity contribution in [3.63, 3.8) is 0 Å². The van der Waals surface area contributed by atoms with E-state index >= 15 is 0 Å². The number of amides is 1. The summed E-state index contributed by atoms with van der Waals surface area (Å²) < 4.78 is 3.13. The van der Waals surface area contributed by atoms with Crippen molar-refractivity contribution >= 4 is 55.6 Å². The molecule has 0 saturated carbocycles. The van der Waals surface area contributed by atoms with Gasteiger partial charge < -0.3 is 4.57 Å². The molecule has 0 bridgehead atoms. The first-order chi connectivity index (χ1) is 11.7. The molecule has 118 valence electrons. The van der Waals surface area contributed by atoms with Crippen LogP contribution >= 0.6 is 22.7 Å². The van der Waals surface area contributed by atoms with Crippen LogP contribution in [0.1, 0.15) is 4.88 Å². The van der Waals surface area contributed by atoms with Crippen molar-refractivity contribution in [3.05, 3.63) is 69.7 Å². The second kappa shape index (κ2) is 6.19. The molecule has 2 aromatic heterocycles. The van der Waals surface area contributed by atoms with E-state index in [0.29, 0.717) is 4.80 Å². The van der Waals surface area contributed by atoms with Gasteiger partial charge in [0.1, 0.15) is 0 Å². The van der Waals surface area contributed by atoms with Crippen molar-refractivity contribution in [2.24, 2.45) is 12.0 Å². The SMILES string of the molecule is Cn1c(=NC(=O)C=Cc2cccs2)sc2ccc3ccccc3c21. The highest BCUT2D eigenvalue weighted by Gasteiger charge is 2.07. The molecule has 0 saturated heterocycles. The number of rotatable bonds is 2. The number of hydrogen-bond donors (Lipinski definition) is 0. The summed E-state index contributed by atoms with van der Waals surface area (Å²) in [4.78, 5) is 18.2. The summed E-state index contributed by atoms with van der Waals surface area (Å²) in [7, 11) is 1.96. The summed E-state index contributed by atoms with van der Waals surface area (Å²) in [6.07, 6.45) is 3.33. The van der Waals surface area contributed by atoms with E-state index in [0.717, 1.165) is 15.1 Å². The van der Waals surface area contributed by atoms with Crippen LogP contribution in [-0.2, 0) is 11.8 Å². The largest absolute Gasteiger partial charge is 0.319 e. The lowest BCUT2D eigenvalue weighted by molar-refractivity contribution is -0.113. The van der Waals surface area contributed by atoms with Gasteiger partial charge in [0.25, 0.3) is 5.91 Å². The van der Waals surface area contributed by atoms with Crippen LogP contribution in [0.15, 0.2) is 65.0 Å². The maximum absolute atomic E-state index is 12.1. The van der Waals surface area contributed by atoms with Crippen molar-refractivity contribution in [3.8, 4) is 0 Å².